The number of hydrogen-bond acceptors (Lipinski definition) is 6. The van der Waals surface area contributed by atoms with Gasteiger partial charge >= 0.3 is 6.18 Å². The van der Waals surface area contributed by atoms with Crippen LogP contribution in [-0.2, 0) is 15.1 Å². The molecule has 33 heavy (non-hydrogen) atoms. The lowest BCUT2D eigenvalue weighted by atomic mass is 9.90. The summed E-state index contributed by atoms with van der Waals surface area (Å²) >= 11 is 3.28. The number of carbonyl (C=O) groups excluding carboxylic acids is 1. The zero-order valence-corrected chi connectivity index (χ0v) is 20.5. The molecule has 0 saturated carbocycles. The van der Waals surface area contributed by atoms with Crippen molar-refractivity contribution >= 4 is 33.9 Å². The summed E-state index contributed by atoms with van der Waals surface area (Å²) < 4.78 is 45.3. The molecule has 0 fully saturated rings. The first kappa shape index (κ1) is 28.5. The van der Waals surface area contributed by atoms with Crippen LogP contribution in [0.25, 0.3) is 0 Å². The molecule has 5 N–H and O–H groups in total. The molecule has 1 aliphatic rings. The number of ether oxygens (including phenoxy) is 1. The van der Waals surface area contributed by atoms with E-state index in [1.165, 1.54) is 0 Å². The normalized spacial score (nSPS) is 22.0. The molecule has 0 unspecified atom stereocenters. The molecule has 11 heteroatoms. The third kappa shape index (κ3) is 7.79. The van der Waals surface area contributed by atoms with E-state index in [-0.39, 0.29) is 6.61 Å². The van der Waals surface area contributed by atoms with Crippen LogP contribution in [0.1, 0.15) is 32.0 Å². The van der Waals surface area contributed by atoms with Gasteiger partial charge in [0.2, 0.25) is 12.0 Å². The Morgan fingerprint density at radius 2 is 1.91 bits per heavy atom. The van der Waals surface area contributed by atoms with Gasteiger partial charge < -0.3 is 21.5 Å². The van der Waals surface area contributed by atoms with Crippen LogP contribution in [0.15, 0.2) is 52.1 Å². The molecular weight excluding hydrogens is 503 g/mol. The first-order valence-electron chi connectivity index (χ1n) is 9.98. The Bertz CT molecular complexity index is 919. The number of aromatic nitrogens is 1. The number of amidine groups is 1. The van der Waals surface area contributed by atoms with Gasteiger partial charge in [0, 0.05) is 22.1 Å². The highest BCUT2D eigenvalue weighted by molar-refractivity contribution is 9.10. The summed E-state index contributed by atoms with van der Waals surface area (Å²) in [5, 5.41) is 2.47. The Morgan fingerprint density at radius 3 is 2.36 bits per heavy atom. The fourth-order valence-corrected chi connectivity index (χ4v) is 2.83. The van der Waals surface area contributed by atoms with Gasteiger partial charge in [-0.3, -0.25) is 14.8 Å². The number of aliphatic imine (C=N–C) groups is 1. The molecule has 7 nitrogen and oxygen atoms in total. The van der Waals surface area contributed by atoms with E-state index in [4.69, 9.17) is 16.2 Å². The van der Waals surface area contributed by atoms with E-state index < -0.39 is 23.2 Å². The molecule has 3 rings (SSSR count). The van der Waals surface area contributed by atoms with E-state index in [1.54, 1.807) is 37.4 Å². The topological polar surface area (TPSA) is 116 Å². The Labute approximate surface area is 199 Å². The smallest absolute Gasteiger partial charge is 0.385 e. The number of amides is 1. The standard InChI is InChI=1S/C14H16F3N3O2.C6H6BrN.C2H7N/c1-12(9-4-3-5-10(6-9)19-8-21)7-22-13(2,11(18)20-12)14(15,16)17;1-5-2-3-6(7)4-8-5;1-2-3/h3-6,8H,7H2,1-2H3,(H2,18,20)(H,19,21);2-4H,1H3;2-3H2,1H3/t12-,13+;;/m0../s1. The van der Waals surface area contributed by atoms with Crippen LogP contribution in [0.3, 0.4) is 0 Å². The summed E-state index contributed by atoms with van der Waals surface area (Å²) in [7, 11) is 0. The number of nitrogens with two attached hydrogens (primary N) is 2. The van der Waals surface area contributed by atoms with Crippen LogP contribution in [0.2, 0.25) is 0 Å². The number of aryl methyl sites for hydroxylation is 1. The number of alkyl halides is 3. The molecule has 1 aliphatic heterocycles. The molecule has 0 saturated heterocycles. The van der Waals surface area contributed by atoms with Crippen molar-refractivity contribution in [3.05, 3.63) is 58.3 Å². The Kier molecular flexibility index (Phi) is 10.5. The summed E-state index contributed by atoms with van der Waals surface area (Å²) in [6.45, 7) is 6.81. The van der Waals surface area contributed by atoms with E-state index in [1.807, 2.05) is 26.0 Å². The monoisotopic (exact) mass is 531 g/mol. The summed E-state index contributed by atoms with van der Waals surface area (Å²) in [5.74, 6) is -0.623. The highest BCUT2D eigenvalue weighted by atomic mass is 79.9. The van der Waals surface area contributed by atoms with Gasteiger partial charge in [-0.2, -0.15) is 13.2 Å². The van der Waals surface area contributed by atoms with Gasteiger partial charge in [0.05, 0.1) is 6.61 Å². The van der Waals surface area contributed by atoms with Crippen LogP contribution in [-0.4, -0.2) is 42.2 Å². The number of nitrogens with one attached hydrogen (secondary N) is 1. The molecule has 2 heterocycles. The molecular formula is C22H29BrF3N5O2. The van der Waals surface area contributed by atoms with Crippen molar-refractivity contribution in [1.82, 2.24) is 4.98 Å². The number of carbonyl (C=O) groups is 1. The predicted molar refractivity (Wildman–Crippen MR) is 127 cm³/mol. The van der Waals surface area contributed by atoms with Crippen molar-refractivity contribution in [1.29, 1.82) is 0 Å². The SMILES string of the molecule is CCN.C[C@@]1(c2cccc(NC=O)c2)CO[C@@](C)(C(F)(F)F)C(N)=N1.Cc1ccc(Br)cn1. The lowest BCUT2D eigenvalue weighted by Crippen LogP contribution is -2.60. The minimum atomic E-state index is -4.65. The van der Waals surface area contributed by atoms with Gasteiger partial charge in [-0.05, 0) is 73.1 Å². The highest BCUT2D eigenvalue weighted by Crippen LogP contribution is 2.40. The van der Waals surface area contributed by atoms with E-state index >= 15 is 0 Å². The van der Waals surface area contributed by atoms with E-state index in [0.717, 1.165) is 23.6 Å². The van der Waals surface area contributed by atoms with Crippen molar-refractivity contribution < 1.29 is 22.7 Å². The minimum absolute atomic E-state index is 0.283. The van der Waals surface area contributed by atoms with Crippen molar-refractivity contribution in [2.45, 2.75) is 45.0 Å². The zero-order valence-electron chi connectivity index (χ0n) is 18.9. The fraction of sp³-hybridized carbons (Fsp3) is 0.409. The molecule has 1 aromatic carbocycles. The maximum Gasteiger partial charge on any atom is 0.424 e. The molecule has 0 radical (unpaired) electrons. The average Bonchev–Trinajstić information content (AvgIpc) is 2.74. The minimum Gasteiger partial charge on any atom is -0.385 e. The van der Waals surface area contributed by atoms with Gasteiger partial charge in [-0.25, -0.2) is 0 Å². The van der Waals surface area contributed by atoms with Crippen molar-refractivity contribution in [3.63, 3.8) is 0 Å². The second kappa shape index (κ2) is 12.1. The zero-order chi connectivity index (χ0) is 25.3. The summed E-state index contributed by atoms with van der Waals surface area (Å²) in [6, 6.07) is 10.6. The second-order valence-corrected chi connectivity index (χ2v) is 8.38. The largest absolute Gasteiger partial charge is 0.424 e. The second-order valence-electron chi connectivity index (χ2n) is 7.46. The van der Waals surface area contributed by atoms with Crippen LogP contribution >= 0.6 is 15.9 Å². The number of hydrogen-bond donors (Lipinski definition) is 3. The van der Waals surface area contributed by atoms with Crippen LogP contribution < -0.4 is 16.8 Å². The van der Waals surface area contributed by atoms with Crippen molar-refractivity contribution in [2.75, 3.05) is 18.5 Å². The van der Waals surface area contributed by atoms with Gasteiger partial charge in [-0.15, -0.1) is 0 Å². The summed E-state index contributed by atoms with van der Waals surface area (Å²) in [6.07, 6.45) is -2.35. The number of halogens is 4. The molecule has 0 aliphatic carbocycles. The maximum absolute atomic E-state index is 13.1. The molecule has 2 aromatic rings. The van der Waals surface area contributed by atoms with E-state index in [2.05, 4.69) is 31.2 Å². The molecule has 0 spiro atoms. The quantitative estimate of drug-likeness (QED) is 0.510. The lowest BCUT2D eigenvalue weighted by Gasteiger charge is -2.41. The number of pyridine rings is 1. The first-order chi connectivity index (χ1) is 15.3. The number of benzene rings is 1. The number of nitrogens with zero attached hydrogens (tertiary/aromatic N) is 2. The Morgan fingerprint density at radius 1 is 1.27 bits per heavy atom. The molecule has 0 bridgehead atoms. The third-order valence-electron chi connectivity index (χ3n) is 4.62. The third-order valence-corrected chi connectivity index (χ3v) is 5.09. The Balaban J connectivity index is 0.000000409. The first-order valence-corrected chi connectivity index (χ1v) is 10.8. The van der Waals surface area contributed by atoms with Crippen molar-refractivity contribution in [2.24, 2.45) is 16.5 Å². The number of rotatable bonds is 3. The molecule has 182 valence electrons. The summed E-state index contributed by atoms with van der Waals surface area (Å²) in [5.41, 5.74) is 8.88. The van der Waals surface area contributed by atoms with Crippen LogP contribution in [0, 0.1) is 6.92 Å². The molecule has 1 aromatic heterocycles. The van der Waals surface area contributed by atoms with Gasteiger partial charge in [0.15, 0.2) is 0 Å². The van der Waals surface area contributed by atoms with E-state index in [0.29, 0.717) is 17.7 Å². The van der Waals surface area contributed by atoms with E-state index in [9.17, 15) is 18.0 Å². The van der Waals surface area contributed by atoms with Crippen LogP contribution in [0.5, 0.6) is 0 Å². The average molecular weight is 532 g/mol. The molecule has 1 amide bonds. The highest BCUT2D eigenvalue weighted by Gasteiger charge is 2.58. The predicted octanol–water partition coefficient (Wildman–Crippen LogP) is 4.30. The number of anilines is 1. The van der Waals surface area contributed by atoms with Gasteiger partial charge in [-0.1, -0.05) is 19.1 Å². The lowest BCUT2D eigenvalue weighted by molar-refractivity contribution is -0.249. The maximum atomic E-state index is 13.1. The van der Waals surface area contributed by atoms with Gasteiger partial charge in [0.25, 0.3) is 0 Å². The Hall–Kier alpha value is -2.50. The summed E-state index contributed by atoms with van der Waals surface area (Å²) in [4.78, 5) is 18.6. The molecule has 2 atom stereocenters. The fourth-order valence-electron chi connectivity index (χ4n) is 2.60. The van der Waals surface area contributed by atoms with Gasteiger partial charge in [0.1, 0.15) is 11.4 Å². The van der Waals surface area contributed by atoms with Crippen molar-refractivity contribution in [3.8, 4) is 0 Å². The van der Waals surface area contributed by atoms with Crippen LogP contribution in [0.4, 0.5) is 18.9 Å².